The summed E-state index contributed by atoms with van der Waals surface area (Å²) < 4.78 is 0.0931. The third kappa shape index (κ3) is 13.0. The molecule has 8 nitrogen and oxygen atoms in total. The van der Waals surface area contributed by atoms with Crippen LogP contribution in [0.15, 0.2) is 12.7 Å². The first-order valence-corrected chi connectivity index (χ1v) is 9.44. The number of aliphatic hydroxyl groups is 1. The molecule has 3 unspecified atom stereocenters. The molecule has 0 saturated heterocycles. The number of aliphatic hydroxyl groups excluding tert-OH is 1. The van der Waals surface area contributed by atoms with Gasteiger partial charge in [0.2, 0.25) is 5.91 Å². The van der Waals surface area contributed by atoms with Gasteiger partial charge < -0.3 is 29.9 Å². The van der Waals surface area contributed by atoms with Crippen molar-refractivity contribution in [2.45, 2.75) is 39.5 Å². The fraction of sp³-hybridized carbons (Fsp3) is 0.737. The van der Waals surface area contributed by atoms with Crippen molar-refractivity contribution < 1.29 is 85.6 Å². The van der Waals surface area contributed by atoms with Gasteiger partial charge in [-0.05, 0) is 26.2 Å². The number of unbranched alkanes of at least 4 members (excludes halogenated alkanes) is 2. The van der Waals surface area contributed by atoms with Crippen LogP contribution in [0.1, 0.15) is 39.5 Å². The Kier molecular flexibility index (Phi) is 17.6. The molecular formula is C19H34KN2O6+. The van der Waals surface area contributed by atoms with E-state index in [1.807, 2.05) is 0 Å². The third-order valence-electron chi connectivity index (χ3n) is 4.69. The number of hydrogen-bond acceptors (Lipinski definition) is 5. The van der Waals surface area contributed by atoms with E-state index < -0.39 is 23.8 Å². The van der Waals surface area contributed by atoms with Crippen molar-refractivity contribution in [1.82, 2.24) is 5.32 Å². The van der Waals surface area contributed by atoms with E-state index in [2.05, 4.69) is 11.9 Å². The monoisotopic (exact) mass is 425 g/mol. The van der Waals surface area contributed by atoms with Crippen LogP contribution in [-0.2, 0) is 14.4 Å². The quantitative estimate of drug-likeness (QED) is 0.103. The number of carbonyl (C=O) groups excluding carboxylic acids is 2. The largest absolute Gasteiger partial charge is 1.00 e. The number of carboxylic acids is 2. The van der Waals surface area contributed by atoms with Gasteiger partial charge in [-0.3, -0.25) is 9.59 Å². The summed E-state index contributed by atoms with van der Waals surface area (Å²) in [6, 6.07) is 0. The van der Waals surface area contributed by atoms with E-state index >= 15 is 0 Å². The molecule has 0 radical (unpaired) electrons. The molecule has 3 atom stereocenters. The molecule has 0 aliphatic heterocycles. The zero-order valence-electron chi connectivity index (χ0n) is 17.5. The summed E-state index contributed by atoms with van der Waals surface area (Å²) in [5.41, 5.74) is 0. The molecule has 0 rings (SSSR count). The van der Waals surface area contributed by atoms with Gasteiger partial charge in [0.1, 0.15) is 12.5 Å². The van der Waals surface area contributed by atoms with E-state index in [1.165, 1.54) is 6.92 Å². The van der Waals surface area contributed by atoms with Crippen LogP contribution in [0.25, 0.3) is 0 Å². The molecule has 0 heterocycles. The molecule has 0 fully saturated rings. The number of carbonyl (C=O) groups is 3. The maximum Gasteiger partial charge on any atom is 1.00 e. The summed E-state index contributed by atoms with van der Waals surface area (Å²) in [5.74, 6) is -3.81. The van der Waals surface area contributed by atoms with E-state index in [4.69, 9.17) is 0 Å². The van der Waals surface area contributed by atoms with Gasteiger partial charge in [-0.2, -0.15) is 0 Å². The number of nitrogens with one attached hydrogen (secondary N) is 1. The number of hydrogen-bond donors (Lipinski definition) is 3. The van der Waals surface area contributed by atoms with Gasteiger partial charge in [0, 0.05) is 18.3 Å². The number of allylic oxidation sites excluding steroid dienone is 1. The van der Waals surface area contributed by atoms with Gasteiger partial charge in [0.25, 0.3) is 0 Å². The summed E-state index contributed by atoms with van der Waals surface area (Å²) in [6.45, 7) is 7.62. The molecule has 0 spiro atoms. The van der Waals surface area contributed by atoms with Gasteiger partial charge in [-0.15, -0.1) is 6.58 Å². The Bertz CT molecular complexity index is 479. The second kappa shape index (κ2) is 16.5. The first kappa shape index (κ1) is 29.9. The van der Waals surface area contributed by atoms with Crippen LogP contribution in [0.3, 0.4) is 0 Å². The van der Waals surface area contributed by atoms with Crippen LogP contribution < -0.4 is 61.8 Å². The minimum Gasteiger partial charge on any atom is -0.550 e. The number of nitrogens with zero attached hydrogens (tertiary/aromatic N) is 1. The zero-order chi connectivity index (χ0) is 20.9. The van der Waals surface area contributed by atoms with Crippen molar-refractivity contribution in [3.8, 4) is 0 Å². The summed E-state index contributed by atoms with van der Waals surface area (Å²) in [5, 5.41) is 32.7. The Hall–Kier alpha value is -0.294. The Balaban J connectivity index is 0. The predicted octanol–water partition coefficient (Wildman–Crippen LogP) is -3.23. The first-order valence-electron chi connectivity index (χ1n) is 9.44. The van der Waals surface area contributed by atoms with E-state index in [0.717, 1.165) is 19.3 Å². The van der Waals surface area contributed by atoms with Crippen LogP contribution in [0, 0.1) is 11.8 Å². The maximum atomic E-state index is 11.9. The topological polar surface area (TPSA) is 127 Å². The number of quaternary nitrogens is 1. The molecular weight excluding hydrogens is 391 g/mol. The Morgan fingerprint density at radius 1 is 1.14 bits per heavy atom. The van der Waals surface area contributed by atoms with Crippen molar-refractivity contribution in [3.63, 3.8) is 0 Å². The average molecular weight is 426 g/mol. The minimum atomic E-state index is -1.22. The zero-order valence-corrected chi connectivity index (χ0v) is 20.6. The van der Waals surface area contributed by atoms with Crippen molar-refractivity contribution >= 4 is 17.8 Å². The van der Waals surface area contributed by atoms with Crippen LogP contribution in [0.2, 0.25) is 0 Å². The molecule has 156 valence electrons. The van der Waals surface area contributed by atoms with E-state index in [1.54, 1.807) is 13.0 Å². The maximum absolute atomic E-state index is 11.9. The van der Waals surface area contributed by atoms with Crippen LogP contribution in [0.4, 0.5) is 0 Å². The van der Waals surface area contributed by atoms with Gasteiger partial charge >= 0.3 is 57.4 Å². The molecule has 28 heavy (non-hydrogen) atoms. The predicted molar refractivity (Wildman–Crippen MR) is 99.5 cm³/mol. The summed E-state index contributed by atoms with van der Waals surface area (Å²) >= 11 is 0. The van der Waals surface area contributed by atoms with E-state index in [-0.39, 0.29) is 94.6 Å². The number of aliphatic carboxylic acids is 2. The normalized spacial score (nSPS) is 14.8. The standard InChI is InChI=1S/C19H34N2O6.K/c1-4-5-6-7-8-17(23)20-9-10-21(11-12-22,13-15(2)18(24)25)14-16(3)19(26)27;/h4,15-16,22H,1,5-14H2,2-3H3,(H2-,20,23,24,25,26,27);/q;+1. The molecule has 9 heteroatoms. The fourth-order valence-electron chi connectivity index (χ4n) is 3.17. The molecule has 0 aromatic carbocycles. The summed E-state index contributed by atoms with van der Waals surface area (Å²) in [6.07, 6.45) is 4.71. The van der Waals surface area contributed by atoms with E-state index in [0.29, 0.717) is 13.0 Å². The summed E-state index contributed by atoms with van der Waals surface area (Å²) in [4.78, 5) is 34.4. The Morgan fingerprint density at radius 2 is 1.75 bits per heavy atom. The Labute approximate surface area is 210 Å². The number of amides is 1. The summed E-state index contributed by atoms with van der Waals surface area (Å²) in [7, 11) is 0. The number of rotatable bonds is 16. The molecule has 0 aromatic rings. The SMILES string of the molecule is C=CCCCCC(=O)NCC[N+](CCO)(CC(C)C(=O)[O-])CC(C)C(=O)O.[K+]. The molecule has 0 bridgehead atoms. The second-order valence-corrected chi connectivity index (χ2v) is 7.22. The van der Waals surface area contributed by atoms with Crippen molar-refractivity contribution in [1.29, 1.82) is 0 Å². The van der Waals surface area contributed by atoms with E-state index in [9.17, 15) is 29.7 Å². The molecule has 1 amide bonds. The van der Waals surface area contributed by atoms with Crippen molar-refractivity contribution in [2.75, 3.05) is 39.3 Å². The first-order chi connectivity index (χ1) is 12.7. The van der Waals surface area contributed by atoms with Crippen LogP contribution >= 0.6 is 0 Å². The number of carboxylic acid groups (broad SMARTS) is 2. The Morgan fingerprint density at radius 3 is 2.25 bits per heavy atom. The molecule has 0 aromatic heterocycles. The van der Waals surface area contributed by atoms with Gasteiger partial charge in [0.15, 0.2) is 0 Å². The smallest absolute Gasteiger partial charge is 0.550 e. The minimum absolute atomic E-state index is 0. The van der Waals surface area contributed by atoms with Gasteiger partial charge in [-0.1, -0.05) is 13.0 Å². The molecule has 0 aliphatic rings. The second-order valence-electron chi connectivity index (χ2n) is 7.22. The third-order valence-corrected chi connectivity index (χ3v) is 4.69. The fourth-order valence-corrected chi connectivity index (χ4v) is 3.17. The van der Waals surface area contributed by atoms with Gasteiger partial charge in [0.05, 0.1) is 32.8 Å². The van der Waals surface area contributed by atoms with Crippen LogP contribution in [-0.4, -0.2) is 71.9 Å². The van der Waals surface area contributed by atoms with Crippen molar-refractivity contribution in [3.05, 3.63) is 12.7 Å². The van der Waals surface area contributed by atoms with Crippen molar-refractivity contribution in [2.24, 2.45) is 11.8 Å². The molecule has 3 N–H and O–H groups in total. The molecule has 0 aliphatic carbocycles. The van der Waals surface area contributed by atoms with Crippen LogP contribution in [0.5, 0.6) is 0 Å². The molecule has 0 saturated carbocycles. The van der Waals surface area contributed by atoms with Gasteiger partial charge in [-0.25, -0.2) is 0 Å². The average Bonchev–Trinajstić information content (AvgIpc) is 2.58.